The largest absolute Gasteiger partial charge is 0.401 e. The van der Waals surface area contributed by atoms with E-state index in [0.29, 0.717) is 23.5 Å². The Bertz CT molecular complexity index is 861. The second-order valence-corrected chi connectivity index (χ2v) is 6.51. The smallest absolute Gasteiger partial charge is 0.240 e. The van der Waals surface area contributed by atoms with E-state index in [9.17, 15) is 14.9 Å². The van der Waals surface area contributed by atoms with E-state index in [2.05, 4.69) is 10.6 Å². The molecule has 0 radical (unpaired) electrons. The second-order valence-electron chi connectivity index (χ2n) is 6.51. The Morgan fingerprint density at radius 3 is 1.85 bits per heavy atom. The van der Waals surface area contributed by atoms with E-state index >= 15 is 0 Å². The van der Waals surface area contributed by atoms with Crippen LogP contribution in [0.4, 0.5) is 11.4 Å². The van der Waals surface area contributed by atoms with Crippen molar-refractivity contribution in [2.24, 2.45) is 11.1 Å². The molecular formula is C21H20N4O2. The van der Waals surface area contributed by atoms with Gasteiger partial charge in [-0.1, -0.05) is 36.4 Å². The molecule has 0 unspecified atom stereocenters. The summed E-state index contributed by atoms with van der Waals surface area (Å²) in [7, 11) is 0. The lowest BCUT2D eigenvalue weighted by Crippen LogP contribution is -2.48. The van der Waals surface area contributed by atoms with Gasteiger partial charge in [0.05, 0.1) is 6.07 Å². The fraction of sp³-hybridized carbons (Fsp3) is 0.190. The summed E-state index contributed by atoms with van der Waals surface area (Å²) in [6.45, 7) is 0. The molecule has 0 fully saturated rings. The van der Waals surface area contributed by atoms with Gasteiger partial charge in [0.15, 0.2) is 0 Å². The number of hydrogen-bond donors (Lipinski definition) is 3. The Morgan fingerprint density at radius 2 is 1.41 bits per heavy atom. The molecule has 0 spiro atoms. The molecule has 1 aliphatic rings. The molecule has 6 nitrogen and oxygen atoms in total. The van der Waals surface area contributed by atoms with Gasteiger partial charge < -0.3 is 16.4 Å². The molecule has 1 aliphatic carbocycles. The molecule has 6 heteroatoms. The molecule has 136 valence electrons. The van der Waals surface area contributed by atoms with Crippen LogP contribution in [-0.4, -0.2) is 11.8 Å². The second kappa shape index (κ2) is 7.75. The summed E-state index contributed by atoms with van der Waals surface area (Å²) in [5.41, 5.74) is 6.42. The number of hydrogen-bond acceptors (Lipinski definition) is 4. The van der Waals surface area contributed by atoms with E-state index < -0.39 is 17.2 Å². The van der Waals surface area contributed by atoms with Crippen molar-refractivity contribution >= 4 is 23.2 Å². The van der Waals surface area contributed by atoms with Gasteiger partial charge in [0, 0.05) is 29.1 Å². The first-order chi connectivity index (χ1) is 13.0. The molecule has 27 heavy (non-hydrogen) atoms. The van der Waals surface area contributed by atoms with Gasteiger partial charge in [0.25, 0.3) is 0 Å². The van der Waals surface area contributed by atoms with Gasteiger partial charge in [-0.2, -0.15) is 5.26 Å². The van der Waals surface area contributed by atoms with Gasteiger partial charge in [-0.15, -0.1) is 0 Å². The third-order valence-corrected chi connectivity index (χ3v) is 4.75. The van der Waals surface area contributed by atoms with Crippen molar-refractivity contribution in [1.29, 1.82) is 5.26 Å². The third-order valence-electron chi connectivity index (χ3n) is 4.75. The number of amides is 2. The number of benzene rings is 2. The summed E-state index contributed by atoms with van der Waals surface area (Å²) < 4.78 is 0. The van der Waals surface area contributed by atoms with Gasteiger partial charge in [0.1, 0.15) is 5.41 Å². The van der Waals surface area contributed by atoms with E-state index in [1.165, 1.54) is 0 Å². The lowest BCUT2D eigenvalue weighted by molar-refractivity contribution is -0.138. The number of carbonyl (C=O) groups is 2. The van der Waals surface area contributed by atoms with Crippen LogP contribution in [0, 0.1) is 16.7 Å². The molecule has 4 N–H and O–H groups in total. The van der Waals surface area contributed by atoms with E-state index in [1.54, 1.807) is 48.5 Å². The van der Waals surface area contributed by atoms with Crippen molar-refractivity contribution in [3.8, 4) is 6.07 Å². The van der Waals surface area contributed by atoms with Crippen LogP contribution in [0.2, 0.25) is 0 Å². The van der Waals surface area contributed by atoms with Gasteiger partial charge in [-0.25, -0.2) is 0 Å². The summed E-state index contributed by atoms with van der Waals surface area (Å²) in [6.07, 6.45) is 0.529. The molecule has 0 aromatic heterocycles. The molecule has 3 rings (SSSR count). The Balaban J connectivity index is 1.93. The first kappa shape index (κ1) is 18.2. The number of rotatable bonds is 4. The van der Waals surface area contributed by atoms with Crippen LogP contribution in [0.25, 0.3) is 0 Å². The zero-order valence-electron chi connectivity index (χ0n) is 14.7. The number of nitrogens with zero attached hydrogens (tertiary/aromatic N) is 1. The minimum absolute atomic E-state index is 0.0212. The average molecular weight is 360 g/mol. The summed E-state index contributed by atoms with van der Waals surface area (Å²) in [6, 6.07) is 19.9. The molecule has 0 bridgehead atoms. The Labute approximate surface area is 157 Å². The molecular weight excluding hydrogens is 340 g/mol. The van der Waals surface area contributed by atoms with Crippen molar-refractivity contribution < 1.29 is 9.59 Å². The number of allylic oxidation sites excluding steroid dienone is 2. The van der Waals surface area contributed by atoms with Crippen LogP contribution in [-0.2, 0) is 9.59 Å². The summed E-state index contributed by atoms with van der Waals surface area (Å²) in [5.74, 6) is -0.884. The van der Waals surface area contributed by atoms with E-state index in [4.69, 9.17) is 5.73 Å². The van der Waals surface area contributed by atoms with Crippen LogP contribution < -0.4 is 16.4 Å². The third kappa shape index (κ3) is 3.82. The number of para-hydroxylation sites is 2. The van der Waals surface area contributed by atoms with E-state index in [1.807, 2.05) is 18.2 Å². The minimum Gasteiger partial charge on any atom is -0.401 e. The fourth-order valence-corrected chi connectivity index (χ4v) is 3.15. The van der Waals surface area contributed by atoms with Crippen LogP contribution in [0.15, 0.2) is 71.9 Å². The van der Waals surface area contributed by atoms with Crippen LogP contribution in [0.5, 0.6) is 0 Å². The Hall–Kier alpha value is -3.59. The highest BCUT2D eigenvalue weighted by molar-refractivity contribution is 6.15. The predicted molar refractivity (Wildman–Crippen MR) is 103 cm³/mol. The van der Waals surface area contributed by atoms with Crippen LogP contribution in [0.1, 0.15) is 19.3 Å². The van der Waals surface area contributed by atoms with Gasteiger partial charge >= 0.3 is 0 Å². The van der Waals surface area contributed by atoms with Gasteiger partial charge in [-0.3, -0.25) is 9.59 Å². The number of nitrogens with one attached hydrogen (secondary N) is 2. The summed E-state index contributed by atoms with van der Waals surface area (Å²) in [5, 5.41) is 15.0. The highest BCUT2D eigenvalue weighted by Gasteiger charge is 2.48. The molecule has 2 aromatic carbocycles. The highest BCUT2D eigenvalue weighted by atomic mass is 16.2. The minimum atomic E-state index is -1.40. The molecule has 2 amide bonds. The topological polar surface area (TPSA) is 108 Å². The standard InChI is InChI=1S/C21H20N4O2/c22-14-15-13-21(12-11-18(15)23,19(26)24-16-7-3-1-4-8-16)20(27)25-17-9-5-2-6-10-17/h1-10H,11-13,23H2,(H,24,26)(H,25,27). The van der Waals surface area contributed by atoms with Crippen LogP contribution in [0.3, 0.4) is 0 Å². The Morgan fingerprint density at radius 1 is 0.926 bits per heavy atom. The summed E-state index contributed by atoms with van der Waals surface area (Å²) >= 11 is 0. The quantitative estimate of drug-likeness (QED) is 0.728. The molecule has 0 saturated heterocycles. The lowest BCUT2D eigenvalue weighted by Gasteiger charge is -2.34. The maximum Gasteiger partial charge on any atom is 0.240 e. The first-order valence-corrected chi connectivity index (χ1v) is 8.66. The molecule has 0 saturated carbocycles. The number of nitrogens with two attached hydrogens (primary N) is 1. The maximum absolute atomic E-state index is 13.1. The van der Waals surface area contributed by atoms with Crippen LogP contribution >= 0.6 is 0 Å². The summed E-state index contributed by atoms with van der Waals surface area (Å²) in [4.78, 5) is 26.3. The molecule has 2 aromatic rings. The number of carbonyl (C=O) groups excluding carboxylic acids is 2. The van der Waals surface area contributed by atoms with Crippen molar-refractivity contribution in [2.45, 2.75) is 19.3 Å². The van der Waals surface area contributed by atoms with Gasteiger partial charge in [0.2, 0.25) is 11.8 Å². The first-order valence-electron chi connectivity index (χ1n) is 8.66. The van der Waals surface area contributed by atoms with Crippen molar-refractivity contribution in [2.75, 3.05) is 10.6 Å². The van der Waals surface area contributed by atoms with Gasteiger partial charge in [-0.05, 0) is 37.1 Å². The lowest BCUT2D eigenvalue weighted by atomic mass is 9.71. The fourth-order valence-electron chi connectivity index (χ4n) is 3.15. The zero-order chi connectivity index (χ0) is 19.3. The predicted octanol–water partition coefficient (Wildman–Crippen LogP) is 3.17. The maximum atomic E-state index is 13.1. The van der Waals surface area contributed by atoms with Crippen molar-refractivity contribution in [3.05, 3.63) is 71.9 Å². The van der Waals surface area contributed by atoms with Crippen molar-refractivity contribution in [1.82, 2.24) is 0 Å². The molecule has 0 heterocycles. The van der Waals surface area contributed by atoms with E-state index in [-0.39, 0.29) is 18.4 Å². The monoisotopic (exact) mass is 360 g/mol. The SMILES string of the molecule is N#CC1=C(N)CCC(C(=O)Nc2ccccc2)(C(=O)Nc2ccccc2)C1. The molecule has 0 aliphatic heterocycles. The average Bonchev–Trinajstić information content (AvgIpc) is 2.70. The zero-order valence-corrected chi connectivity index (χ0v) is 14.7. The normalized spacial score (nSPS) is 15.5. The molecule has 0 atom stereocenters. The number of anilines is 2. The number of nitriles is 1. The Kier molecular flexibility index (Phi) is 5.23. The van der Waals surface area contributed by atoms with Crippen molar-refractivity contribution in [3.63, 3.8) is 0 Å². The van der Waals surface area contributed by atoms with E-state index in [0.717, 1.165) is 0 Å². The highest BCUT2D eigenvalue weighted by Crippen LogP contribution is 2.40.